The van der Waals surface area contributed by atoms with Crippen LogP contribution in [0.2, 0.25) is 0 Å². The first-order valence-electron chi connectivity index (χ1n) is 8.43. The molecule has 8 nitrogen and oxygen atoms in total. The first-order valence-corrected chi connectivity index (χ1v) is 7.93. The van der Waals surface area contributed by atoms with E-state index in [0.717, 1.165) is 11.1 Å². The number of rotatable bonds is 2. The second kappa shape index (κ2) is 5.37. The van der Waals surface area contributed by atoms with Crippen LogP contribution in [0.4, 0.5) is 5.82 Å². The molecule has 2 aliphatic rings. The van der Waals surface area contributed by atoms with Crippen LogP contribution in [-0.2, 0) is 4.74 Å². The molecule has 0 aromatic carbocycles. The predicted octanol–water partition coefficient (Wildman–Crippen LogP) is 0.775. The number of aromatic nitrogens is 3. The fraction of sp³-hybridized carbons (Fsp3) is 0.412. The lowest BCUT2D eigenvalue weighted by atomic mass is 9.96. The second-order valence-corrected chi connectivity index (χ2v) is 6.71. The summed E-state index contributed by atoms with van der Waals surface area (Å²) in [6.45, 7) is 9.02. The Labute approximate surface area is 145 Å². The van der Waals surface area contributed by atoms with E-state index in [9.17, 15) is 15.3 Å². The summed E-state index contributed by atoms with van der Waals surface area (Å²) in [5.74, 6) is 0.439. The minimum atomic E-state index is -1.66. The van der Waals surface area contributed by atoms with Crippen molar-refractivity contribution in [3.8, 4) is 0 Å². The number of aliphatic hydroxyl groups is 3. The minimum Gasteiger partial charge on any atom is -0.394 e. The van der Waals surface area contributed by atoms with Crippen molar-refractivity contribution < 1.29 is 21.4 Å². The molecule has 2 aromatic rings. The highest BCUT2D eigenvalue weighted by molar-refractivity contribution is 6.00. The first kappa shape index (κ1) is 15.0. The standard InChI is InChI=1S/C17H20N4O4/c1-8-4-9(2)20-14-12-10(8)5-21(15(12)19-7-18-14)16-17(3,24)13(23)11(6-22)25-16/h5,7,11,13,16,22-24H,1-2,4,6H2,3H3,(H,18,19,20)/t11-,13-,16-,17?/m1/s1/i7T. The van der Waals surface area contributed by atoms with Crippen LogP contribution in [0, 0.1) is 0 Å². The summed E-state index contributed by atoms with van der Waals surface area (Å²) in [4.78, 5) is 8.33. The summed E-state index contributed by atoms with van der Waals surface area (Å²) in [5, 5.41) is 34.2. The van der Waals surface area contributed by atoms with Gasteiger partial charge in [-0.25, -0.2) is 9.97 Å². The summed E-state index contributed by atoms with van der Waals surface area (Å²) in [5.41, 5.74) is 0.948. The third kappa shape index (κ3) is 2.22. The van der Waals surface area contributed by atoms with E-state index in [1.165, 1.54) is 6.92 Å². The van der Waals surface area contributed by atoms with Crippen LogP contribution >= 0.6 is 0 Å². The van der Waals surface area contributed by atoms with Crippen molar-refractivity contribution in [2.45, 2.75) is 37.4 Å². The Morgan fingerprint density at radius 3 is 2.96 bits per heavy atom. The van der Waals surface area contributed by atoms with Gasteiger partial charge >= 0.3 is 0 Å². The number of aliphatic hydroxyl groups excluding tert-OH is 2. The number of anilines is 1. The van der Waals surface area contributed by atoms with Crippen molar-refractivity contribution in [1.82, 2.24) is 14.5 Å². The van der Waals surface area contributed by atoms with Gasteiger partial charge in [-0.2, -0.15) is 0 Å². The molecule has 4 atom stereocenters. The van der Waals surface area contributed by atoms with E-state index in [-0.39, 0.29) is 6.30 Å². The molecule has 0 radical (unpaired) electrons. The molecule has 1 unspecified atom stereocenters. The molecule has 2 aromatic heterocycles. The maximum Gasteiger partial charge on any atom is 0.167 e. The number of ether oxygens (including phenoxy) is 1. The fourth-order valence-corrected chi connectivity index (χ4v) is 3.53. The monoisotopic (exact) mass is 346 g/mol. The third-order valence-electron chi connectivity index (χ3n) is 4.85. The van der Waals surface area contributed by atoms with Crippen LogP contribution in [0.5, 0.6) is 0 Å². The van der Waals surface area contributed by atoms with Crippen molar-refractivity contribution >= 4 is 22.4 Å². The predicted molar refractivity (Wildman–Crippen MR) is 91.6 cm³/mol. The van der Waals surface area contributed by atoms with Gasteiger partial charge in [0.15, 0.2) is 6.23 Å². The summed E-state index contributed by atoms with van der Waals surface area (Å²) in [7, 11) is 0. The molecule has 0 amide bonds. The largest absolute Gasteiger partial charge is 0.394 e. The number of hydrogen-bond donors (Lipinski definition) is 4. The van der Waals surface area contributed by atoms with Gasteiger partial charge in [0, 0.05) is 23.9 Å². The van der Waals surface area contributed by atoms with Gasteiger partial charge in [-0.05, 0) is 12.5 Å². The van der Waals surface area contributed by atoms with Gasteiger partial charge in [-0.15, -0.1) is 0 Å². The minimum absolute atomic E-state index is 0.205. The van der Waals surface area contributed by atoms with E-state index in [2.05, 4.69) is 28.4 Å². The summed E-state index contributed by atoms with van der Waals surface area (Å²) in [6.07, 6.45) is -1.19. The number of nitrogens with one attached hydrogen (secondary N) is 1. The summed E-state index contributed by atoms with van der Waals surface area (Å²) >= 11 is 0. The molecule has 0 bridgehead atoms. The van der Waals surface area contributed by atoms with Gasteiger partial charge in [-0.1, -0.05) is 13.2 Å². The molecular weight excluding hydrogens is 324 g/mol. The quantitative estimate of drug-likeness (QED) is 0.635. The van der Waals surface area contributed by atoms with Crippen LogP contribution in [0.25, 0.3) is 16.6 Å². The topological polar surface area (TPSA) is 113 Å². The van der Waals surface area contributed by atoms with Crippen molar-refractivity contribution in [3.05, 3.63) is 36.9 Å². The van der Waals surface area contributed by atoms with Crippen LogP contribution in [-0.4, -0.2) is 54.3 Å². The van der Waals surface area contributed by atoms with Crippen LogP contribution in [0.15, 0.2) is 31.4 Å². The molecule has 1 fully saturated rings. The van der Waals surface area contributed by atoms with Crippen molar-refractivity contribution in [2.24, 2.45) is 0 Å². The highest BCUT2D eigenvalue weighted by Gasteiger charge is 2.53. The highest BCUT2D eigenvalue weighted by Crippen LogP contribution is 2.43. The molecule has 4 rings (SSSR count). The molecule has 8 heteroatoms. The zero-order valence-electron chi connectivity index (χ0n) is 14.7. The number of allylic oxidation sites excluding steroid dienone is 1. The maximum atomic E-state index is 10.8. The van der Waals surface area contributed by atoms with Gasteiger partial charge in [0.25, 0.3) is 0 Å². The van der Waals surface area contributed by atoms with Crippen LogP contribution < -0.4 is 5.32 Å². The molecule has 0 saturated carbocycles. The fourth-order valence-electron chi connectivity index (χ4n) is 3.53. The maximum absolute atomic E-state index is 10.8. The molecule has 0 spiro atoms. The van der Waals surface area contributed by atoms with Crippen molar-refractivity contribution in [3.63, 3.8) is 0 Å². The average molecular weight is 346 g/mol. The Morgan fingerprint density at radius 2 is 2.28 bits per heavy atom. The van der Waals surface area contributed by atoms with E-state index in [4.69, 9.17) is 6.11 Å². The lowest BCUT2D eigenvalue weighted by molar-refractivity contribution is -0.0948. The molecule has 1 saturated heterocycles. The Hall–Kier alpha value is -2.26. The number of nitrogens with zero attached hydrogens (tertiary/aromatic N) is 3. The van der Waals surface area contributed by atoms with E-state index < -0.39 is 30.6 Å². The SMILES string of the molecule is [3H]c1nc2c3c(cn([C@@H]4O[C@H](CO)[C@@H](O)C4(C)O)c3n1)C(=C)CC(=C)N2. The Kier molecular flexibility index (Phi) is 3.23. The molecule has 25 heavy (non-hydrogen) atoms. The Balaban J connectivity index is 1.96. The normalized spacial score (nSPS) is 32.6. The summed E-state index contributed by atoms with van der Waals surface area (Å²) < 4.78 is 15.2. The lowest BCUT2D eigenvalue weighted by Gasteiger charge is -2.27. The Bertz CT molecular complexity index is 938. The zero-order chi connectivity index (χ0) is 18.8. The van der Waals surface area contributed by atoms with Crippen LogP contribution in [0.3, 0.4) is 0 Å². The van der Waals surface area contributed by atoms with Gasteiger partial charge in [-0.3, -0.25) is 0 Å². The molecule has 0 aliphatic carbocycles. The lowest BCUT2D eigenvalue weighted by Crippen LogP contribution is -2.44. The molecule has 4 N–H and O–H groups in total. The molecule has 132 valence electrons. The number of hydrogen-bond acceptors (Lipinski definition) is 7. The van der Waals surface area contributed by atoms with E-state index >= 15 is 0 Å². The van der Waals surface area contributed by atoms with E-state index in [0.29, 0.717) is 29.0 Å². The molecule has 4 heterocycles. The second-order valence-electron chi connectivity index (χ2n) is 6.71. The van der Waals surface area contributed by atoms with Crippen LogP contribution in [0.1, 0.15) is 26.5 Å². The van der Waals surface area contributed by atoms with E-state index in [1.54, 1.807) is 10.8 Å². The van der Waals surface area contributed by atoms with E-state index in [1.807, 2.05) is 0 Å². The van der Waals surface area contributed by atoms with Crippen molar-refractivity contribution in [2.75, 3.05) is 11.9 Å². The smallest absolute Gasteiger partial charge is 0.167 e. The molecule has 2 aliphatic heterocycles. The Morgan fingerprint density at radius 1 is 1.52 bits per heavy atom. The van der Waals surface area contributed by atoms with Gasteiger partial charge < -0.3 is 29.9 Å². The summed E-state index contributed by atoms with van der Waals surface area (Å²) in [6, 6.07) is 0. The van der Waals surface area contributed by atoms with Crippen molar-refractivity contribution in [1.29, 1.82) is 0 Å². The third-order valence-corrected chi connectivity index (χ3v) is 4.85. The molecular formula is C17H20N4O4. The first-order chi connectivity index (χ1) is 12.2. The van der Waals surface area contributed by atoms with Gasteiger partial charge in [0.2, 0.25) is 0 Å². The van der Waals surface area contributed by atoms with Gasteiger partial charge in [0.1, 0.15) is 36.9 Å². The average Bonchev–Trinajstić information content (AvgIpc) is 2.99. The van der Waals surface area contributed by atoms with Gasteiger partial charge in [0.05, 0.1) is 12.0 Å². The zero-order valence-corrected chi connectivity index (χ0v) is 13.7. The highest BCUT2D eigenvalue weighted by atomic mass is 16.6.